The Morgan fingerprint density at radius 2 is 1.70 bits per heavy atom. The minimum absolute atomic E-state index is 0.00698. The molecule has 148 valence electrons. The molecule has 0 amide bonds. The van der Waals surface area contributed by atoms with E-state index in [2.05, 4.69) is 32.7 Å². The van der Waals surface area contributed by atoms with Crippen LogP contribution < -0.4 is 0 Å². The Bertz CT molecular complexity index is 690. The van der Waals surface area contributed by atoms with Gasteiger partial charge in [-0.15, -0.1) is 0 Å². The van der Waals surface area contributed by atoms with Gasteiger partial charge in [-0.3, -0.25) is 4.98 Å². The summed E-state index contributed by atoms with van der Waals surface area (Å²) in [5, 5.41) is 0.688. The third-order valence-electron chi connectivity index (χ3n) is 5.63. The van der Waals surface area contributed by atoms with E-state index in [0.717, 1.165) is 54.1 Å². The number of benzene rings is 1. The second-order valence-electron chi connectivity index (χ2n) is 7.22. The quantitative estimate of drug-likeness (QED) is 0.386. The Balaban J connectivity index is 2.20. The van der Waals surface area contributed by atoms with E-state index in [1.165, 1.54) is 12.1 Å². The Labute approximate surface area is 169 Å². The van der Waals surface area contributed by atoms with Crippen LogP contribution in [-0.4, -0.2) is 13.3 Å². The molecule has 0 saturated heterocycles. The predicted molar refractivity (Wildman–Crippen MR) is 114 cm³/mol. The molecule has 0 radical (unpaired) electrons. The van der Waals surface area contributed by atoms with E-state index in [-0.39, 0.29) is 11.9 Å². The molecule has 0 aliphatic heterocycles. The Hall–Kier alpha value is -1.23. The molecule has 1 unspecified atom stereocenters. The van der Waals surface area contributed by atoms with Gasteiger partial charge in [0.15, 0.2) is 8.32 Å². The fourth-order valence-corrected chi connectivity index (χ4v) is 6.82. The first-order valence-electron chi connectivity index (χ1n) is 9.97. The van der Waals surface area contributed by atoms with Crippen molar-refractivity contribution >= 4 is 19.9 Å². The fraction of sp³-hybridized carbons (Fsp3) is 0.500. The molecule has 2 aromatic rings. The third-order valence-corrected chi connectivity index (χ3v) is 10.6. The van der Waals surface area contributed by atoms with Gasteiger partial charge in [0.25, 0.3) is 0 Å². The summed E-state index contributed by atoms with van der Waals surface area (Å²) < 4.78 is 20.0. The molecule has 0 N–H and O–H groups in total. The van der Waals surface area contributed by atoms with Crippen LogP contribution in [0, 0.1) is 12.7 Å². The smallest absolute Gasteiger partial charge is 0.192 e. The molecule has 0 saturated carbocycles. The molecule has 1 aromatic carbocycles. The van der Waals surface area contributed by atoms with Gasteiger partial charge in [-0.1, -0.05) is 44.5 Å². The summed E-state index contributed by atoms with van der Waals surface area (Å²) >= 11 is 6.53. The number of aryl methyl sites for hydroxylation is 2. The molecule has 2 rings (SSSR count). The molecule has 0 fully saturated rings. The van der Waals surface area contributed by atoms with Gasteiger partial charge in [-0.05, 0) is 67.6 Å². The van der Waals surface area contributed by atoms with Crippen LogP contribution in [0.4, 0.5) is 4.39 Å². The zero-order valence-electron chi connectivity index (χ0n) is 16.9. The van der Waals surface area contributed by atoms with Crippen LogP contribution in [0.5, 0.6) is 0 Å². The number of rotatable bonds is 10. The van der Waals surface area contributed by atoms with Crippen molar-refractivity contribution in [1.82, 2.24) is 4.98 Å². The lowest BCUT2D eigenvalue weighted by Crippen LogP contribution is -2.37. The molecular formula is C22H31ClFNOSi. The van der Waals surface area contributed by atoms with Crippen LogP contribution >= 0.6 is 11.6 Å². The van der Waals surface area contributed by atoms with E-state index >= 15 is 0 Å². The van der Waals surface area contributed by atoms with E-state index in [1.807, 2.05) is 18.3 Å². The molecule has 0 spiro atoms. The Morgan fingerprint density at radius 3 is 2.26 bits per heavy atom. The van der Waals surface area contributed by atoms with Crippen LogP contribution in [0.15, 0.2) is 36.7 Å². The monoisotopic (exact) mass is 407 g/mol. The van der Waals surface area contributed by atoms with E-state index in [0.29, 0.717) is 5.02 Å². The van der Waals surface area contributed by atoms with Crippen LogP contribution in [-0.2, 0) is 10.8 Å². The lowest BCUT2D eigenvalue weighted by Gasteiger charge is -2.34. The number of pyridine rings is 1. The summed E-state index contributed by atoms with van der Waals surface area (Å²) in [6, 6.07) is 10.1. The minimum Gasteiger partial charge on any atom is -0.410 e. The van der Waals surface area contributed by atoms with Gasteiger partial charge in [0, 0.05) is 18.0 Å². The van der Waals surface area contributed by atoms with Crippen molar-refractivity contribution in [3.63, 3.8) is 0 Å². The van der Waals surface area contributed by atoms with E-state index in [9.17, 15) is 4.39 Å². The molecule has 0 bridgehead atoms. The van der Waals surface area contributed by atoms with Crippen molar-refractivity contribution in [3.05, 3.63) is 64.2 Å². The highest BCUT2D eigenvalue weighted by atomic mass is 35.5. The topological polar surface area (TPSA) is 22.1 Å². The Kier molecular flexibility index (Phi) is 8.46. The second-order valence-corrected chi connectivity index (χ2v) is 12.4. The fourth-order valence-electron chi connectivity index (χ4n) is 3.66. The maximum Gasteiger partial charge on any atom is 0.192 e. The van der Waals surface area contributed by atoms with Crippen molar-refractivity contribution in [1.29, 1.82) is 0 Å². The van der Waals surface area contributed by atoms with Gasteiger partial charge in [0.1, 0.15) is 5.82 Å². The molecule has 1 atom stereocenters. The lowest BCUT2D eigenvalue weighted by atomic mass is 9.99. The first kappa shape index (κ1) is 22.1. The third kappa shape index (κ3) is 5.87. The van der Waals surface area contributed by atoms with E-state index in [4.69, 9.17) is 16.0 Å². The highest BCUT2D eigenvalue weighted by Crippen LogP contribution is 2.37. The average molecular weight is 408 g/mol. The zero-order valence-corrected chi connectivity index (χ0v) is 18.7. The predicted octanol–water partition coefficient (Wildman–Crippen LogP) is 7.27. The second kappa shape index (κ2) is 10.3. The summed E-state index contributed by atoms with van der Waals surface area (Å²) in [7, 11) is -1.77. The van der Waals surface area contributed by atoms with Crippen molar-refractivity contribution in [2.45, 2.75) is 71.2 Å². The molecule has 0 aliphatic rings. The van der Waals surface area contributed by atoms with Crippen molar-refractivity contribution in [2.75, 3.05) is 0 Å². The summed E-state index contributed by atoms with van der Waals surface area (Å²) in [6.45, 7) is 8.79. The summed E-state index contributed by atoms with van der Waals surface area (Å²) in [4.78, 5) is 4.21. The van der Waals surface area contributed by atoms with Crippen LogP contribution in [0.1, 0.15) is 56.4 Å². The van der Waals surface area contributed by atoms with E-state index < -0.39 is 8.32 Å². The van der Waals surface area contributed by atoms with Gasteiger partial charge < -0.3 is 4.43 Å². The number of halogens is 2. The zero-order chi connectivity index (χ0) is 19.9. The SMILES string of the molecule is CC[Si](CC)(CC)OC(CCCc1ccc(F)cc1)c1c(C)cncc1Cl. The Morgan fingerprint density at radius 1 is 1.07 bits per heavy atom. The number of hydrogen-bond donors (Lipinski definition) is 0. The maximum absolute atomic E-state index is 13.1. The lowest BCUT2D eigenvalue weighted by molar-refractivity contribution is 0.176. The van der Waals surface area contributed by atoms with Gasteiger partial charge >= 0.3 is 0 Å². The van der Waals surface area contributed by atoms with Crippen LogP contribution in [0.2, 0.25) is 23.2 Å². The van der Waals surface area contributed by atoms with Crippen molar-refractivity contribution in [3.8, 4) is 0 Å². The largest absolute Gasteiger partial charge is 0.410 e. The standard InChI is InChI=1S/C22H31ClFNOSi/c1-5-27(6-2,7-3)26-21(22-17(4)15-25-16-20(22)23)10-8-9-18-11-13-19(24)14-12-18/h11-16,21H,5-10H2,1-4H3. The average Bonchev–Trinajstić information content (AvgIpc) is 2.67. The normalized spacial score (nSPS) is 13.0. The minimum atomic E-state index is -1.77. The highest BCUT2D eigenvalue weighted by molar-refractivity contribution is 6.73. The first-order chi connectivity index (χ1) is 12.9. The molecule has 1 aromatic heterocycles. The highest BCUT2D eigenvalue weighted by Gasteiger charge is 2.33. The molecule has 0 aliphatic carbocycles. The van der Waals surface area contributed by atoms with E-state index in [1.54, 1.807) is 6.20 Å². The van der Waals surface area contributed by atoms with Crippen LogP contribution in [0.3, 0.4) is 0 Å². The molecular weight excluding hydrogens is 377 g/mol. The summed E-state index contributed by atoms with van der Waals surface area (Å²) in [6.07, 6.45) is 6.35. The molecule has 2 nitrogen and oxygen atoms in total. The molecule has 5 heteroatoms. The first-order valence-corrected chi connectivity index (χ1v) is 12.9. The number of aromatic nitrogens is 1. The number of hydrogen-bond acceptors (Lipinski definition) is 2. The van der Waals surface area contributed by atoms with Crippen molar-refractivity contribution < 1.29 is 8.82 Å². The summed E-state index contributed by atoms with van der Waals surface area (Å²) in [5.41, 5.74) is 3.32. The van der Waals surface area contributed by atoms with Gasteiger partial charge in [0.05, 0.1) is 11.1 Å². The van der Waals surface area contributed by atoms with Gasteiger partial charge in [-0.2, -0.15) is 0 Å². The molecule has 1 heterocycles. The molecule has 27 heavy (non-hydrogen) atoms. The van der Waals surface area contributed by atoms with Gasteiger partial charge in [0.2, 0.25) is 0 Å². The summed E-state index contributed by atoms with van der Waals surface area (Å²) in [5.74, 6) is -0.191. The van der Waals surface area contributed by atoms with Crippen LogP contribution in [0.25, 0.3) is 0 Å². The maximum atomic E-state index is 13.1. The van der Waals surface area contributed by atoms with Crippen molar-refractivity contribution in [2.24, 2.45) is 0 Å². The number of nitrogens with zero attached hydrogens (tertiary/aromatic N) is 1. The van der Waals surface area contributed by atoms with Gasteiger partial charge in [-0.25, -0.2) is 4.39 Å².